The minimum absolute atomic E-state index is 0.0779. The first kappa shape index (κ1) is 12.9. The Morgan fingerprint density at radius 1 is 1.64 bits per heavy atom. The van der Waals surface area contributed by atoms with Gasteiger partial charge in [-0.15, -0.1) is 6.42 Å². The molecule has 0 aliphatic heterocycles. The Labute approximate surface area is 85.4 Å². The van der Waals surface area contributed by atoms with E-state index in [1.807, 2.05) is 6.92 Å². The molecule has 0 saturated carbocycles. The van der Waals surface area contributed by atoms with Crippen LogP contribution in [0.3, 0.4) is 0 Å². The van der Waals surface area contributed by atoms with Crippen LogP contribution in [0.2, 0.25) is 0 Å². The van der Waals surface area contributed by atoms with E-state index < -0.39 is 0 Å². The van der Waals surface area contributed by atoms with Gasteiger partial charge in [0.1, 0.15) is 0 Å². The molecule has 0 aliphatic carbocycles. The highest BCUT2D eigenvalue weighted by atomic mass is 16.5. The summed E-state index contributed by atoms with van der Waals surface area (Å²) in [6.07, 6.45) is 5.95. The molecular weight excluding hydrogens is 180 g/mol. The minimum atomic E-state index is -0.160. The predicted molar refractivity (Wildman–Crippen MR) is 55.8 cm³/mol. The van der Waals surface area contributed by atoms with Gasteiger partial charge in [-0.3, -0.25) is 4.79 Å². The third-order valence-corrected chi connectivity index (χ3v) is 1.71. The Morgan fingerprint density at radius 2 is 2.36 bits per heavy atom. The maximum absolute atomic E-state index is 11.2. The van der Waals surface area contributed by atoms with Crippen LogP contribution in [0.25, 0.3) is 0 Å². The molecule has 0 fully saturated rings. The number of nitrogens with one attached hydrogen (secondary N) is 2. The molecule has 4 nitrogen and oxygen atoms in total. The van der Waals surface area contributed by atoms with Crippen molar-refractivity contribution in [3.63, 3.8) is 0 Å². The summed E-state index contributed by atoms with van der Waals surface area (Å²) in [4.78, 5) is 11.2. The van der Waals surface area contributed by atoms with Crippen molar-refractivity contribution in [2.75, 3.05) is 26.8 Å². The molecule has 0 radical (unpaired) electrons. The Bertz CT molecular complexity index is 199. The van der Waals surface area contributed by atoms with E-state index in [1.54, 1.807) is 7.11 Å². The second-order valence-electron chi connectivity index (χ2n) is 2.86. The van der Waals surface area contributed by atoms with Gasteiger partial charge in [-0.1, -0.05) is 12.8 Å². The summed E-state index contributed by atoms with van der Waals surface area (Å²) in [7, 11) is 1.62. The first-order valence-corrected chi connectivity index (χ1v) is 4.69. The van der Waals surface area contributed by atoms with Gasteiger partial charge in [0, 0.05) is 13.7 Å². The zero-order valence-electron chi connectivity index (χ0n) is 8.80. The van der Waals surface area contributed by atoms with Crippen LogP contribution in [0.1, 0.15) is 13.3 Å². The molecule has 0 saturated heterocycles. The zero-order chi connectivity index (χ0) is 10.8. The van der Waals surface area contributed by atoms with Crippen molar-refractivity contribution in [2.24, 2.45) is 0 Å². The smallest absolute Gasteiger partial charge is 0.234 e. The van der Waals surface area contributed by atoms with Gasteiger partial charge >= 0.3 is 0 Å². The van der Waals surface area contributed by atoms with Crippen LogP contribution in [0.5, 0.6) is 0 Å². The highest BCUT2D eigenvalue weighted by Gasteiger charge is 2.05. The van der Waals surface area contributed by atoms with Crippen molar-refractivity contribution in [2.45, 2.75) is 19.4 Å². The van der Waals surface area contributed by atoms with E-state index >= 15 is 0 Å². The van der Waals surface area contributed by atoms with Crippen molar-refractivity contribution in [1.29, 1.82) is 0 Å². The van der Waals surface area contributed by atoms with Crippen LogP contribution in [0, 0.1) is 12.3 Å². The number of hydrogen-bond acceptors (Lipinski definition) is 3. The number of rotatable bonds is 7. The Hall–Kier alpha value is -1.05. The summed E-state index contributed by atoms with van der Waals surface area (Å²) in [5.41, 5.74) is 0. The largest absolute Gasteiger partial charge is 0.383 e. The third kappa shape index (κ3) is 6.46. The first-order chi connectivity index (χ1) is 6.74. The first-order valence-electron chi connectivity index (χ1n) is 4.69. The van der Waals surface area contributed by atoms with Gasteiger partial charge in [-0.2, -0.15) is 0 Å². The Morgan fingerprint density at radius 3 is 2.86 bits per heavy atom. The topological polar surface area (TPSA) is 50.4 Å². The highest BCUT2D eigenvalue weighted by molar-refractivity contribution is 5.78. The zero-order valence-corrected chi connectivity index (χ0v) is 8.80. The minimum Gasteiger partial charge on any atom is -0.383 e. The number of carbonyl (C=O) groups excluding carboxylic acids is 1. The standard InChI is InChI=1S/C10H18N2O2/c1-4-9(5-2)12-10(13)8-11-6-7-14-3/h1,9,11H,5-8H2,2-3H3,(H,12,13). The van der Waals surface area contributed by atoms with Crippen LogP contribution < -0.4 is 10.6 Å². The van der Waals surface area contributed by atoms with Gasteiger partial charge in [0.25, 0.3) is 0 Å². The van der Waals surface area contributed by atoms with E-state index in [-0.39, 0.29) is 18.5 Å². The molecular formula is C10H18N2O2. The maximum Gasteiger partial charge on any atom is 0.234 e. The average molecular weight is 198 g/mol. The lowest BCUT2D eigenvalue weighted by Crippen LogP contribution is -2.40. The summed E-state index contributed by atoms with van der Waals surface area (Å²) in [6.45, 7) is 3.47. The van der Waals surface area contributed by atoms with Gasteiger partial charge in [0.15, 0.2) is 0 Å². The summed E-state index contributed by atoms with van der Waals surface area (Å²) < 4.78 is 4.82. The lowest BCUT2D eigenvalue weighted by atomic mass is 10.2. The molecule has 0 aliphatic rings. The molecule has 1 unspecified atom stereocenters. The lowest BCUT2D eigenvalue weighted by molar-refractivity contribution is -0.120. The molecule has 0 heterocycles. The van der Waals surface area contributed by atoms with Gasteiger partial charge in [0.2, 0.25) is 5.91 Å². The van der Waals surface area contributed by atoms with E-state index in [1.165, 1.54) is 0 Å². The molecule has 4 heteroatoms. The van der Waals surface area contributed by atoms with Crippen LogP contribution in [-0.2, 0) is 9.53 Å². The molecule has 1 atom stereocenters. The van der Waals surface area contributed by atoms with Crippen molar-refractivity contribution < 1.29 is 9.53 Å². The van der Waals surface area contributed by atoms with Gasteiger partial charge in [0.05, 0.1) is 19.2 Å². The number of terminal acetylenes is 1. The number of methoxy groups -OCH3 is 1. The van der Waals surface area contributed by atoms with E-state index in [4.69, 9.17) is 11.2 Å². The summed E-state index contributed by atoms with van der Waals surface area (Å²) in [5, 5.41) is 5.65. The monoisotopic (exact) mass is 198 g/mol. The molecule has 14 heavy (non-hydrogen) atoms. The quantitative estimate of drug-likeness (QED) is 0.438. The van der Waals surface area contributed by atoms with Gasteiger partial charge in [-0.05, 0) is 6.42 Å². The Kier molecular flexibility index (Phi) is 7.90. The van der Waals surface area contributed by atoms with Crippen LogP contribution in [0.15, 0.2) is 0 Å². The fourth-order valence-electron chi connectivity index (χ4n) is 0.883. The lowest BCUT2D eigenvalue weighted by Gasteiger charge is -2.10. The molecule has 2 N–H and O–H groups in total. The fraction of sp³-hybridized carbons (Fsp3) is 0.700. The molecule has 0 spiro atoms. The van der Waals surface area contributed by atoms with Crippen molar-refractivity contribution in [1.82, 2.24) is 10.6 Å². The van der Waals surface area contributed by atoms with Gasteiger partial charge in [-0.25, -0.2) is 0 Å². The average Bonchev–Trinajstić information content (AvgIpc) is 2.21. The molecule has 1 amide bonds. The van der Waals surface area contributed by atoms with Crippen LogP contribution >= 0.6 is 0 Å². The number of carbonyl (C=O) groups is 1. The highest BCUT2D eigenvalue weighted by Crippen LogP contribution is 1.86. The summed E-state index contributed by atoms with van der Waals surface area (Å²) >= 11 is 0. The van der Waals surface area contributed by atoms with Crippen molar-refractivity contribution >= 4 is 5.91 Å². The Balaban J connectivity index is 3.50. The fourth-order valence-corrected chi connectivity index (χ4v) is 0.883. The van der Waals surface area contributed by atoms with Gasteiger partial charge < -0.3 is 15.4 Å². The predicted octanol–water partition coefficient (Wildman–Crippen LogP) is -0.250. The molecule has 0 aromatic rings. The molecule has 0 rings (SSSR count). The van der Waals surface area contributed by atoms with E-state index in [0.717, 1.165) is 6.42 Å². The second kappa shape index (κ2) is 8.54. The number of amides is 1. The SMILES string of the molecule is C#CC(CC)NC(=O)CNCCOC. The van der Waals surface area contributed by atoms with Crippen molar-refractivity contribution in [3.8, 4) is 12.3 Å². The molecule has 0 aromatic carbocycles. The molecule has 0 aromatic heterocycles. The molecule has 80 valence electrons. The van der Waals surface area contributed by atoms with E-state index in [0.29, 0.717) is 13.2 Å². The summed E-state index contributed by atoms with van der Waals surface area (Å²) in [5.74, 6) is 2.42. The summed E-state index contributed by atoms with van der Waals surface area (Å²) in [6, 6.07) is -0.160. The molecule has 0 bridgehead atoms. The van der Waals surface area contributed by atoms with E-state index in [9.17, 15) is 4.79 Å². The van der Waals surface area contributed by atoms with E-state index in [2.05, 4.69) is 16.6 Å². The second-order valence-corrected chi connectivity index (χ2v) is 2.86. The number of hydrogen-bond donors (Lipinski definition) is 2. The maximum atomic E-state index is 11.2. The normalized spacial score (nSPS) is 11.8. The third-order valence-electron chi connectivity index (χ3n) is 1.71. The number of ether oxygens (including phenoxy) is 1. The van der Waals surface area contributed by atoms with Crippen LogP contribution in [0.4, 0.5) is 0 Å². The van der Waals surface area contributed by atoms with Crippen LogP contribution in [-0.4, -0.2) is 38.8 Å². The van der Waals surface area contributed by atoms with Crippen molar-refractivity contribution in [3.05, 3.63) is 0 Å².